The summed E-state index contributed by atoms with van der Waals surface area (Å²) in [6.07, 6.45) is 4.66. The first-order valence-corrected chi connectivity index (χ1v) is 20.3. The summed E-state index contributed by atoms with van der Waals surface area (Å²) in [4.78, 5) is 25.2. The van der Waals surface area contributed by atoms with Gasteiger partial charge in [0.25, 0.3) is 0 Å². The van der Waals surface area contributed by atoms with Crippen LogP contribution in [0.2, 0.25) is 0 Å². The number of aliphatic hydroxyl groups excluding tert-OH is 7. The molecule has 15 heteroatoms. The van der Waals surface area contributed by atoms with Crippen molar-refractivity contribution in [1.82, 2.24) is 0 Å². The summed E-state index contributed by atoms with van der Waals surface area (Å²) in [5.41, 5.74) is 0. The molecular formula is C39H70O15. The number of aliphatic hydroxyl groups is 7. The molecular weight excluding hydrogens is 708 g/mol. The second kappa shape index (κ2) is 28.6. The van der Waals surface area contributed by atoms with Crippen molar-refractivity contribution in [3.63, 3.8) is 0 Å². The van der Waals surface area contributed by atoms with Crippen molar-refractivity contribution in [3.8, 4) is 0 Å². The van der Waals surface area contributed by atoms with Gasteiger partial charge in [0.15, 0.2) is 18.7 Å². The molecule has 0 saturated carbocycles. The normalized spacial score (nSPS) is 29.4. The van der Waals surface area contributed by atoms with Crippen LogP contribution in [-0.2, 0) is 38.0 Å². The van der Waals surface area contributed by atoms with Crippen molar-refractivity contribution in [2.45, 2.75) is 197 Å². The van der Waals surface area contributed by atoms with Gasteiger partial charge in [0.2, 0.25) is 0 Å². The van der Waals surface area contributed by atoms with Crippen molar-refractivity contribution < 1.29 is 73.8 Å². The Morgan fingerprint density at radius 2 is 1.06 bits per heavy atom. The Bertz CT molecular complexity index is 1010. The maximum Gasteiger partial charge on any atom is 0.306 e. The van der Waals surface area contributed by atoms with E-state index in [4.69, 9.17) is 28.4 Å². The van der Waals surface area contributed by atoms with Crippen molar-refractivity contribution in [2.75, 3.05) is 26.4 Å². The highest BCUT2D eigenvalue weighted by Gasteiger charge is 2.47. The lowest BCUT2D eigenvalue weighted by molar-refractivity contribution is -0.332. The molecule has 54 heavy (non-hydrogen) atoms. The zero-order valence-electron chi connectivity index (χ0n) is 32.5. The third-order valence-corrected chi connectivity index (χ3v) is 9.74. The van der Waals surface area contributed by atoms with Gasteiger partial charge in [-0.15, -0.1) is 0 Å². The van der Waals surface area contributed by atoms with Gasteiger partial charge in [-0.2, -0.15) is 0 Å². The van der Waals surface area contributed by atoms with Crippen molar-refractivity contribution in [3.05, 3.63) is 12.2 Å². The summed E-state index contributed by atoms with van der Waals surface area (Å²) in [5.74, 6) is -0.951. The number of carbonyl (C=O) groups is 2. The van der Waals surface area contributed by atoms with Gasteiger partial charge < -0.3 is 64.2 Å². The summed E-state index contributed by atoms with van der Waals surface area (Å²) in [6, 6.07) is 0. The molecule has 2 rings (SSSR count). The number of unbranched alkanes of at least 4 members (excludes halogenated alkanes) is 13. The first-order valence-electron chi connectivity index (χ1n) is 20.3. The van der Waals surface area contributed by atoms with Gasteiger partial charge >= 0.3 is 11.9 Å². The van der Waals surface area contributed by atoms with E-state index in [0.717, 1.165) is 64.2 Å². The topological polar surface area (TPSA) is 231 Å². The second-order valence-electron chi connectivity index (χ2n) is 14.5. The number of esters is 2. The highest BCUT2D eigenvalue weighted by molar-refractivity contribution is 5.70. The Hall–Kier alpha value is -1.76. The third-order valence-electron chi connectivity index (χ3n) is 9.74. The molecule has 2 aliphatic heterocycles. The lowest BCUT2D eigenvalue weighted by Gasteiger charge is -2.42. The minimum Gasteiger partial charge on any atom is -0.462 e. The fourth-order valence-electron chi connectivity index (χ4n) is 6.27. The highest BCUT2D eigenvalue weighted by Crippen LogP contribution is 2.26. The van der Waals surface area contributed by atoms with Crippen LogP contribution in [0.3, 0.4) is 0 Å². The quantitative estimate of drug-likeness (QED) is 0.0329. The molecule has 2 fully saturated rings. The number of hydrogen-bond donors (Lipinski definition) is 7. The van der Waals surface area contributed by atoms with Crippen molar-refractivity contribution in [1.29, 1.82) is 0 Å². The number of carbonyl (C=O) groups excluding carboxylic acids is 2. The fraction of sp³-hybridized carbons (Fsp3) is 0.897. The van der Waals surface area contributed by atoms with E-state index in [1.54, 1.807) is 0 Å². The van der Waals surface area contributed by atoms with Gasteiger partial charge in [-0.25, -0.2) is 0 Å². The van der Waals surface area contributed by atoms with Crippen LogP contribution in [0.1, 0.15) is 129 Å². The SMILES string of the molecule is CCCCCC/C=C\CCCCCCCC(=O)OC(COC(=O)CCCCCCC)COC1OC(COC2OC(CO)C(O)C(O)C2O)C(O)C(O)C1O. The van der Waals surface area contributed by atoms with E-state index < -0.39 is 92.7 Å². The molecule has 316 valence electrons. The minimum absolute atomic E-state index is 0.157. The standard InChI is InChI=1S/C39H70O15/c1-3-5-7-9-10-11-12-13-14-15-16-18-20-22-31(42)52-27(24-49-30(41)21-19-17-8-6-4-2)25-50-38-37(48)35(46)33(44)29(54-38)26-51-39-36(47)34(45)32(43)28(23-40)53-39/h11-12,27-29,32-40,43-48H,3-10,13-26H2,1-2H3/b12-11-. The largest absolute Gasteiger partial charge is 0.462 e. The molecule has 0 radical (unpaired) electrons. The molecule has 2 saturated heterocycles. The Labute approximate surface area is 320 Å². The summed E-state index contributed by atoms with van der Waals surface area (Å²) in [5, 5.41) is 71.5. The van der Waals surface area contributed by atoms with Crippen LogP contribution in [0.5, 0.6) is 0 Å². The van der Waals surface area contributed by atoms with Gasteiger partial charge in [-0.05, 0) is 38.5 Å². The molecule has 0 aliphatic carbocycles. The van der Waals surface area contributed by atoms with E-state index in [2.05, 4.69) is 26.0 Å². The second-order valence-corrected chi connectivity index (χ2v) is 14.5. The number of hydrogen-bond acceptors (Lipinski definition) is 15. The third kappa shape index (κ3) is 18.5. The van der Waals surface area contributed by atoms with Crippen LogP contribution in [0.4, 0.5) is 0 Å². The van der Waals surface area contributed by atoms with Gasteiger partial charge in [-0.3, -0.25) is 9.59 Å². The van der Waals surface area contributed by atoms with Crippen molar-refractivity contribution in [2.24, 2.45) is 0 Å². The first kappa shape index (κ1) is 48.4. The molecule has 7 N–H and O–H groups in total. The summed E-state index contributed by atoms with van der Waals surface area (Å²) >= 11 is 0. The van der Waals surface area contributed by atoms with Gasteiger partial charge in [0.1, 0.15) is 55.4 Å². The first-order chi connectivity index (χ1) is 26.0. The molecule has 0 aromatic heterocycles. The van der Waals surface area contributed by atoms with Crippen LogP contribution in [-0.4, -0.2) is 142 Å². The predicted molar refractivity (Wildman–Crippen MR) is 197 cm³/mol. The molecule has 0 bridgehead atoms. The Morgan fingerprint density at radius 3 is 1.65 bits per heavy atom. The van der Waals surface area contributed by atoms with E-state index >= 15 is 0 Å². The molecule has 0 spiro atoms. The van der Waals surface area contributed by atoms with Crippen LogP contribution < -0.4 is 0 Å². The smallest absolute Gasteiger partial charge is 0.306 e. The molecule has 11 unspecified atom stereocenters. The van der Waals surface area contributed by atoms with Crippen LogP contribution in [0.25, 0.3) is 0 Å². The lowest BCUT2D eigenvalue weighted by Crippen LogP contribution is -2.61. The molecule has 2 aliphatic rings. The number of ether oxygens (including phenoxy) is 6. The van der Waals surface area contributed by atoms with Crippen molar-refractivity contribution >= 4 is 11.9 Å². The maximum absolute atomic E-state index is 12.8. The molecule has 0 amide bonds. The van der Waals surface area contributed by atoms with Crippen LogP contribution in [0, 0.1) is 0 Å². The van der Waals surface area contributed by atoms with Gasteiger partial charge in [0.05, 0.1) is 19.8 Å². The average Bonchev–Trinajstić information content (AvgIpc) is 3.16. The Morgan fingerprint density at radius 1 is 0.574 bits per heavy atom. The zero-order chi connectivity index (χ0) is 39.7. The number of allylic oxidation sites excluding steroid dienone is 2. The van der Waals surface area contributed by atoms with E-state index in [0.29, 0.717) is 12.8 Å². The number of rotatable bonds is 29. The average molecular weight is 779 g/mol. The van der Waals surface area contributed by atoms with Crippen LogP contribution in [0.15, 0.2) is 12.2 Å². The fourth-order valence-corrected chi connectivity index (χ4v) is 6.27. The van der Waals surface area contributed by atoms with Gasteiger partial charge in [-0.1, -0.05) is 90.2 Å². The molecule has 15 nitrogen and oxygen atoms in total. The Balaban J connectivity index is 1.88. The molecule has 2 heterocycles. The molecule has 0 aromatic rings. The molecule has 11 atom stereocenters. The summed E-state index contributed by atoms with van der Waals surface area (Å²) in [7, 11) is 0. The highest BCUT2D eigenvalue weighted by atomic mass is 16.7. The minimum atomic E-state index is -1.76. The monoisotopic (exact) mass is 778 g/mol. The lowest BCUT2D eigenvalue weighted by atomic mass is 9.98. The van der Waals surface area contributed by atoms with E-state index in [1.807, 2.05) is 0 Å². The van der Waals surface area contributed by atoms with Crippen LogP contribution >= 0.6 is 0 Å². The van der Waals surface area contributed by atoms with E-state index in [9.17, 15) is 45.3 Å². The maximum atomic E-state index is 12.8. The Kier molecular flexibility index (Phi) is 25.6. The van der Waals surface area contributed by atoms with E-state index in [-0.39, 0.29) is 26.1 Å². The summed E-state index contributed by atoms with van der Waals surface area (Å²) in [6.45, 7) is 2.42. The summed E-state index contributed by atoms with van der Waals surface area (Å²) < 4.78 is 33.2. The molecule has 0 aromatic carbocycles. The predicted octanol–water partition coefficient (Wildman–Crippen LogP) is 2.70. The zero-order valence-corrected chi connectivity index (χ0v) is 32.5. The van der Waals surface area contributed by atoms with Gasteiger partial charge in [0, 0.05) is 12.8 Å². The van der Waals surface area contributed by atoms with E-state index in [1.165, 1.54) is 25.7 Å².